The summed E-state index contributed by atoms with van der Waals surface area (Å²) in [7, 11) is 0. The monoisotopic (exact) mass is 468 g/mol. The second kappa shape index (κ2) is 11.3. The first-order valence-corrected chi connectivity index (χ1v) is 12.1. The number of ether oxygens (including phenoxy) is 1. The highest BCUT2D eigenvalue weighted by molar-refractivity contribution is 5.97. The van der Waals surface area contributed by atoms with E-state index in [1.165, 1.54) is 12.1 Å². The largest absolute Gasteiger partial charge is 0.487 e. The first-order chi connectivity index (χ1) is 16.5. The Morgan fingerprint density at radius 2 is 1.76 bits per heavy atom. The highest BCUT2D eigenvalue weighted by atomic mass is 19.1. The van der Waals surface area contributed by atoms with Gasteiger partial charge in [-0.15, -0.1) is 0 Å². The fraction of sp³-hybridized carbons (Fsp3) is 0.462. The quantitative estimate of drug-likeness (QED) is 0.604. The maximum Gasteiger partial charge on any atom is 0.227 e. The third-order valence-electron chi connectivity index (χ3n) is 6.33. The van der Waals surface area contributed by atoms with Crippen LogP contribution in [0.2, 0.25) is 0 Å². The van der Waals surface area contributed by atoms with Crippen molar-refractivity contribution in [3.05, 3.63) is 54.3 Å². The molecule has 2 aliphatic rings. The average Bonchev–Trinajstić information content (AvgIpc) is 2.85. The van der Waals surface area contributed by atoms with Crippen LogP contribution in [0.1, 0.15) is 26.2 Å². The lowest BCUT2D eigenvalue weighted by atomic mass is 10.1. The number of carbonyl (C=O) groups is 2. The molecule has 0 unspecified atom stereocenters. The summed E-state index contributed by atoms with van der Waals surface area (Å²) in [5.74, 6) is 0.341. The van der Waals surface area contributed by atoms with Crippen LogP contribution < -0.4 is 19.9 Å². The molecule has 2 aromatic carbocycles. The smallest absolute Gasteiger partial charge is 0.227 e. The number of anilines is 2. The van der Waals surface area contributed by atoms with Gasteiger partial charge in [-0.3, -0.25) is 14.5 Å². The lowest BCUT2D eigenvalue weighted by Crippen LogP contribution is -2.47. The Labute approximate surface area is 200 Å². The van der Waals surface area contributed by atoms with E-state index in [4.69, 9.17) is 4.74 Å². The van der Waals surface area contributed by atoms with Crippen LogP contribution >= 0.6 is 0 Å². The lowest BCUT2D eigenvalue weighted by molar-refractivity contribution is -0.125. The summed E-state index contributed by atoms with van der Waals surface area (Å²) in [6, 6.07) is 14.1. The maximum atomic E-state index is 13.1. The second-order valence-electron chi connectivity index (χ2n) is 8.91. The van der Waals surface area contributed by atoms with Crippen LogP contribution in [0.4, 0.5) is 15.8 Å². The van der Waals surface area contributed by atoms with E-state index in [0.29, 0.717) is 18.8 Å². The van der Waals surface area contributed by atoms with Gasteiger partial charge in [0.1, 0.15) is 17.7 Å². The molecule has 1 saturated heterocycles. The van der Waals surface area contributed by atoms with Crippen LogP contribution in [0.3, 0.4) is 0 Å². The van der Waals surface area contributed by atoms with Gasteiger partial charge >= 0.3 is 0 Å². The lowest BCUT2D eigenvalue weighted by Gasteiger charge is -2.36. The molecule has 2 heterocycles. The number of hydrogen-bond donors (Lipinski definition) is 1. The summed E-state index contributed by atoms with van der Waals surface area (Å²) in [6.45, 7) is 7.64. The minimum absolute atomic E-state index is 0.0585. The van der Waals surface area contributed by atoms with Crippen molar-refractivity contribution < 1.29 is 18.7 Å². The number of benzene rings is 2. The topological polar surface area (TPSA) is 65.1 Å². The highest BCUT2D eigenvalue weighted by Gasteiger charge is 2.27. The number of carbonyl (C=O) groups excluding carboxylic acids is 2. The Hall–Kier alpha value is -3.13. The van der Waals surface area contributed by atoms with Crippen LogP contribution in [0.5, 0.6) is 5.75 Å². The zero-order valence-corrected chi connectivity index (χ0v) is 19.7. The number of amides is 2. The van der Waals surface area contributed by atoms with Crippen molar-refractivity contribution in [3.8, 4) is 5.75 Å². The van der Waals surface area contributed by atoms with Gasteiger partial charge in [-0.25, -0.2) is 4.39 Å². The van der Waals surface area contributed by atoms with Gasteiger partial charge in [0.2, 0.25) is 11.8 Å². The van der Waals surface area contributed by atoms with Crippen molar-refractivity contribution in [1.82, 2.24) is 10.2 Å². The molecule has 4 rings (SSSR count). The summed E-state index contributed by atoms with van der Waals surface area (Å²) in [4.78, 5) is 31.4. The van der Waals surface area contributed by atoms with E-state index in [0.717, 1.165) is 50.5 Å². The number of halogens is 1. The van der Waals surface area contributed by atoms with Gasteiger partial charge in [0, 0.05) is 51.3 Å². The Kier molecular flexibility index (Phi) is 8.00. The number of para-hydroxylation sites is 2. The van der Waals surface area contributed by atoms with E-state index in [1.807, 2.05) is 43.3 Å². The van der Waals surface area contributed by atoms with Gasteiger partial charge in [0.15, 0.2) is 0 Å². The fourth-order valence-corrected chi connectivity index (χ4v) is 4.48. The van der Waals surface area contributed by atoms with Gasteiger partial charge in [0.05, 0.1) is 12.2 Å². The minimum Gasteiger partial charge on any atom is -0.487 e. The standard InChI is InChI=1S/C26H33FN4O3/c1-20-19-31(23-5-2-3-6-24(23)34-20)26(33)12-11-25(32)28-13-4-14-29-15-17-30(18-16-29)22-9-7-21(27)8-10-22/h2-3,5-10,20H,4,11-19H2,1H3,(H,28,32)/t20-/m1/s1. The summed E-state index contributed by atoms with van der Waals surface area (Å²) < 4.78 is 18.9. The van der Waals surface area contributed by atoms with Crippen LogP contribution in [0.15, 0.2) is 48.5 Å². The molecule has 7 nitrogen and oxygen atoms in total. The first kappa shape index (κ1) is 24.0. The Bertz CT molecular complexity index is 976. The fourth-order valence-electron chi connectivity index (χ4n) is 4.48. The third-order valence-corrected chi connectivity index (χ3v) is 6.33. The zero-order valence-electron chi connectivity index (χ0n) is 19.7. The summed E-state index contributed by atoms with van der Waals surface area (Å²) in [5, 5.41) is 2.94. The number of hydrogen-bond acceptors (Lipinski definition) is 5. The van der Waals surface area contributed by atoms with Crippen LogP contribution in [0.25, 0.3) is 0 Å². The van der Waals surface area contributed by atoms with E-state index in [-0.39, 0.29) is 36.6 Å². The van der Waals surface area contributed by atoms with Crippen molar-refractivity contribution in [2.24, 2.45) is 0 Å². The van der Waals surface area contributed by atoms with Gasteiger partial charge in [-0.05, 0) is 56.3 Å². The molecule has 0 aliphatic carbocycles. The predicted molar refractivity (Wildman–Crippen MR) is 131 cm³/mol. The molecule has 1 atom stereocenters. The van der Waals surface area contributed by atoms with E-state index in [1.54, 1.807) is 4.90 Å². The van der Waals surface area contributed by atoms with E-state index in [9.17, 15) is 14.0 Å². The molecule has 182 valence electrons. The van der Waals surface area contributed by atoms with Gasteiger partial charge in [-0.2, -0.15) is 0 Å². The SMILES string of the molecule is C[C@@H]1CN(C(=O)CCC(=O)NCCCN2CCN(c3ccc(F)cc3)CC2)c2ccccc2O1. The second-order valence-corrected chi connectivity index (χ2v) is 8.91. The van der Waals surface area contributed by atoms with Gasteiger partial charge < -0.3 is 19.9 Å². The van der Waals surface area contributed by atoms with E-state index >= 15 is 0 Å². The summed E-state index contributed by atoms with van der Waals surface area (Å²) in [6.07, 6.45) is 1.15. The number of rotatable bonds is 8. The molecular weight excluding hydrogens is 435 g/mol. The Balaban J connectivity index is 1.11. The molecule has 34 heavy (non-hydrogen) atoms. The van der Waals surface area contributed by atoms with Gasteiger partial charge in [0.25, 0.3) is 0 Å². The Morgan fingerprint density at radius 1 is 1.03 bits per heavy atom. The van der Waals surface area contributed by atoms with Crippen LogP contribution in [-0.4, -0.2) is 68.6 Å². The molecule has 0 aromatic heterocycles. The molecule has 0 saturated carbocycles. The number of nitrogens with one attached hydrogen (secondary N) is 1. The normalized spacial score (nSPS) is 18.2. The zero-order chi connectivity index (χ0) is 23.9. The molecule has 0 radical (unpaired) electrons. The minimum atomic E-state index is -0.213. The van der Waals surface area contributed by atoms with Crippen molar-refractivity contribution in [2.75, 3.05) is 55.6 Å². The maximum absolute atomic E-state index is 13.1. The highest BCUT2D eigenvalue weighted by Crippen LogP contribution is 2.33. The van der Waals surface area contributed by atoms with E-state index < -0.39 is 0 Å². The third kappa shape index (κ3) is 6.26. The molecule has 2 aliphatic heterocycles. The summed E-state index contributed by atoms with van der Waals surface area (Å²) in [5.41, 5.74) is 1.82. The predicted octanol–water partition coefficient (Wildman–Crippen LogP) is 3.05. The molecule has 0 spiro atoms. The van der Waals surface area contributed by atoms with Crippen molar-refractivity contribution in [2.45, 2.75) is 32.3 Å². The van der Waals surface area contributed by atoms with Gasteiger partial charge in [-0.1, -0.05) is 12.1 Å². The van der Waals surface area contributed by atoms with Crippen LogP contribution in [-0.2, 0) is 9.59 Å². The molecule has 1 fully saturated rings. The van der Waals surface area contributed by atoms with E-state index in [2.05, 4.69) is 15.1 Å². The summed E-state index contributed by atoms with van der Waals surface area (Å²) >= 11 is 0. The van der Waals surface area contributed by atoms with Crippen molar-refractivity contribution in [3.63, 3.8) is 0 Å². The van der Waals surface area contributed by atoms with Crippen molar-refractivity contribution >= 4 is 23.2 Å². The first-order valence-electron chi connectivity index (χ1n) is 12.1. The molecule has 1 N–H and O–H groups in total. The number of piperazine rings is 1. The molecule has 8 heteroatoms. The average molecular weight is 469 g/mol. The number of fused-ring (bicyclic) bond motifs is 1. The van der Waals surface area contributed by atoms with Crippen LogP contribution in [0, 0.1) is 5.82 Å². The number of nitrogens with zero attached hydrogens (tertiary/aromatic N) is 3. The Morgan fingerprint density at radius 3 is 2.53 bits per heavy atom. The molecule has 0 bridgehead atoms. The van der Waals surface area contributed by atoms with Crippen molar-refractivity contribution in [1.29, 1.82) is 0 Å². The molecule has 2 aromatic rings. The molecular formula is C26H33FN4O3. The molecule has 2 amide bonds.